The molecule has 0 saturated heterocycles. The summed E-state index contributed by atoms with van der Waals surface area (Å²) < 4.78 is 37.2. The molecule has 0 N–H and O–H groups in total. The van der Waals surface area contributed by atoms with Crippen molar-refractivity contribution in [1.82, 2.24) is 4.90 Å². The van der Waals surface area contributed by atoms with Crippen LogP contribution < -0.4 is 0 Å². The zero-order valence-electron chi connectivity index (χ0n) is 10.2. The summed E-state index contributed by atoms with van der Waals surface area (Å²) in [6.07, 6.45) is -3.57. The molecule has 5 heteroatoms. The zero-order chi connectivity index (χ0) is 13.6. The first-order valence-corrected chi connectivity index (χ1v) is 5.73. The quantitative estimate of drug-likeness (QED) is 0.808. The van der Waals surface area contributed by atoms with Crippen molar-refractivity contribution in [1.29, 1.82) is 5.26 Å². The minimum atomic E-state index is -4.21. The van der Waals surface area contributed by atoms with Crippen molar-refractivity contribution in [2.24, 2.45) is 0 Å². The Morgan fingerprint density at radius 1 is 1.28 bits per heavy atom. The summed E-state index contributed by atoms with van der Waals surface area (Å²) in [6, 6.07) is 8.74. The van der Waals surface area contributed by atoms with E-state index >= 15 is 0 Å². The molecule has 0 atom stereocenters. The normalized spacial score (nSPS) is 11.6. The van der Waals surface area contributed by atoms with Crippen LogP contribution in [0.3, 0.4) is 0 Å². The molecule has 1 rings (SSSR count). The molecule has 2 nitrogen and oxygen atoms in total. The van der Waals surface area contributed by atoms with E-state index in [1.807, 2.05) is 13.0 Å². The Labute approximate surface area is 105 Å². The van der Waals surface area contributed by atoms with Gasteiger partial charge in [-0.1, -0.05) is 25.1 Å². The van der Waals surface area contributed by atoms with Crippen molar-refractivity contribution in [3.05, 3.63) is 35.4 Å². The van der Waals surface area contributed by atoms with Gasteiger partial charge in [0.05, 0.1) is 18.2 Å². The summed E-state index contributed by atoms with van der Waals surface area (Å²) in [5.74, 6) is 0. The van der Waals surface area contributed by atoms with Gasteiger partial charge in [0.2, 0.25) is 0 Å². The molecule has 0 heterocycles. The third kappa shape index (κ3) is 4.76. The van der Waals surface area contributed by atoms with E-state index < -0.39 is 12.7 Å². The first-order chi connectivity index (χ1) is 8.46. The second-order valence-corrected chi connectivity index (χ2v) is 4.09. The van der Waals surface area contributed by atoms with Gasteiger partial charge in [0.1, 0.15) is 0 Å². The fraction of sp³-hybridized carbons (Fsp3) is 0.462. The van der Waals surface area contributed by atoms with Gasteiger partial charge in [0.25, 0.3) is 0 Å². The lowest BCUT2D eigenvalue weighted by Crippen LogP contribution is -2.34. The number of rotatable bonds is 5. The molecule has 0 aliphatic rings. The number of benzene rings is 1. The van der Waals surface area contributed by atoms with E-state index in [0.717, 1.165) is 0 Å². The van der Waals surface area contributed by atoms with Crippen LogP contribution >= 0.6 is 0 Å². The van der Waals surface area contributed by atoms with E-state index in [4.69, 9.17) is 5.26 Å². The molecule has 0 fully saturated rings. The SMILES string of the molecule is CCCN(Cc1ccccc1C#N)CC(F)(F)F. The van der Waals surface area contributed by atoms with E-state index in [-0.39, 0.29) is 6.54 Å². The molecule has 0 aromatic heterocycles. The topological polar surface area (TPSA) is 27.0 Å². The second kappa shape index (κ2) is 6.41. The summed E-state index contributed by atoms with van der Waals surface area (Å²) in [7, 11) is 0. The Bertz CT molecular complexity index is 421. The molecule has 0 bridgehead atoms. The predicted octanol–water partition coefficient (Wildman–Crippen LogP) is 3.33. The highest BCUT2D eigenvalue weighted by atomic mass is 19.4. The van der Waals surface area contributed by atoms with Gasteiger partial charge in [0.15, 0.2) is 0 Å². The average Bonchev–Trinajstić information content (AvgIpc) is 2.28. The van der Waals surface area contributed by atoms with Gasteiger partial charge in [-0.15, -0.1) is 0 Å². The van der Waals surface area contributed by atoms with E-state index in [2.05, 4.69) is 0 Å². The van der Waals surface area contributed by atoms with Crippen LogP contribution in [-0.4, -0.2) is 24.2 Å². The molecule has 0 amide bonds. The van der Waals surface area contributed by atoms with Crippen LogP contribution in [0.25, 0.3) is 0 Å². The van der Waals surface area contributed by atoms with Crippen molar-refractivity contribution in [2.45, 2.75) is 26.1 Å². The minimum absolute atomic E-state index is 0.150. The number of halogens is 3. The van der Waals surface area contributed by atoms with Crippen molar-refractivity contribution in [3.8, 4) is 6.07 Å². The summed E-state index contributed by atoms with van der Waals surface area (Å²) in [5, 5.41) is 8.90. The molecule has 0 aliphatic carbocycles. The highest BCUT2D eigenvalue weighted by Gasteiger charge is 2.30. The number of alkyl halides is 3. The standard InChI is InChI=1S/C13H15F3N2/c1-2-7-18(10-13(14,15)16)9-12-6-4-3-5-11(12)8-17/h3-6H,2,7,9-10H2,1H3. The Morgan fingerprint density at radius 3 is 2.50 bits per heavy atom. The van der Waals surface area contributed by atoms with Crippen LogP contribution in [0.2, 0.25) is 0 Å². The van der Waals surface area contributed by atoms with Crippen LogP contribution in [0, 0.1) is 11.3 Å². The number of nitrogens with zero attached hydrogens (tertiary/aromatic N) is 2. The molecule has 1 aromatic rings. The van der Waals surface area contributed by atoms with Crippen LogP contribution in [0.4, 0.5) is 13.2 Å². The molecule has 0 radical (unpaired) electrons. The maximum absolute atomic E-state index is 12.4. The molecular formula is C13H15F3N2. The summed E-state index contributed by atoms with van der Waals surface area (Å²) >= 11 is 0. The van der Waals surface area contributed by atoms with E-state index in [1.54, 1.807) is 24.3 Å². The third-order valence-electron chi connectivity index (χ3n) is 2.47. The highest BCUT2D eigenvalue weighted by Crippen LogP contribution is 2.19. The van der Waals surface area contributed by atoms with Crippen LogP contribution in [0.5, 0.6) is 0 Å². The largest absolute Gasteiger partial charge is 0.401 e. The second-order valence-electron chi connectivity index (χ2n) is 4.09. The fourth-order valence-corrected chi connectivity index (χ4v) is 1.79. The van der Waals surface area contributed by atoms with Gasteiger partial charge in [-0.2, -0.15) is 18.4 Å². The molecule has 18 heavy (non-hydrogen) atoms. The molecule has 0 unspecified atom stereocenters. The van der Waals surface area contributed by atoms with Gasteiger partial charge in [-0.25, -0.2) is 0 Å². The lowest BCUT2D eigenvalue weighted by molar-refractivity contribution is -0.147. The lowest BCUT2D eigenvalue weighted by Gasteiger charge is -2.23. The van der Waals surface area contributed by atoms with Crippen LogP contribution in [-0.2, 0) is 6.54 Å². The highest BCUT2D eigenvalue weighted by molar-refractivity contribution is 5.37. The third-order valence-corrected chi connectivity index (χ3v) is 2.47. The monoisotopic (exact) mass is 256 g/mol. The molecule has 0 saturated carbocycles. The Balaban J connectivity index is 2.80. The van der Waals surface area contributed by atoms with Gasteiger partial charge in [-0.05, 0) is 24.6 Å². The maximum Gasteiger partial charge on any atom is 0.401 e. The molecule has 0 aliphatic heterocycles. The van der Waals surface area contributed by atoms with Gasteiger partial charge < -0.3 is 0 Å². The van der Waals surface area contributed by atoms with Crippen molar-refractivity contribution in [2.75, 3.05) is 13.1 Å². The average molecular weight is 256 g/mol. The molecule has 98 valence electrons. The number of hydrogen-bond donors (Lipinski definition) is 0. The van der Waals surface area contributed by atoms with Crippen molar-refractivity contribution >= 4 is 0 Å². The van der Waals surface area contributed by atoms with Crippen molar-refractivity contribution < 1.29 is 13.2 Å². The van der Waals surface area contributed by atoms with Crippen molar-refractivity contribution in [3.63, 3.8) is 0 Å². The summed E-state index contributed by atoms with van der Waals surface area (Å²) in [6.45, 7) is 1.40. The van der Waals surface area contributed by atoms with Gasteiger partial charge in [-0.3, -0.25) is 4.90 Å². The number of hydrogen-bond acceptors (Lipinski definition) is 2. The van der Waals surface area contributed by atoms with E-state index in [9.17, 15) is 13.2 Å². The van der Waals surface area contributed by atoms with E-state index in [0.29, 0.717) is 24.1 Å². The first-order valence-electron chi connectivity index (χ1n) is 5.73. The predicted molar refractivity (Wildman–Crippen MR) is 62.8 cm³/mol. The molecular weight excluding hydrogens is 241 g/mol. The van der Waals surface area contributed by atoms with Crippen LogP contribution in [0.15, 0.2) is 24.3 Å². The van der Waals surface area contributed by atoms with Gasteiger partial charge >= 0.3 is 6.18 Å². The van der Waals surface area contributed by atoms with Crippen LogP contribution in [0.1, 0.15) is 24.5 Å². The number of nitriles is 1. The minimum Gasteiger partial charge on any atom is -0.291 e. The Hall–Kier alpha value is -1.54. The maximum atomic E-state index is 12.4. The Morgan fingerprint density at radius 2 is 1.94 bits per heavy atom. The molecule has 0 spiro atoms. The fourth-order valence-electron chi connectivity index (χ4n) is 1.79. The summed E-state index contributed by atoms with van der Waals surface area (Å²) in [5.41, 5.74) is 1.07. The first kappa shape index (κ1) is 14.5. The summed E-state index contributed by atoms with van der Waals surface area (Å²) in [4.78, 5) is 1.32. The zero-order valence-corrected chi connectivity index (χ0v) is 10.2. The smallest absolute Gasteiger partial charge is 0.291 e. The molecule has 1 aromatic carbocycles. The lowest BCUT2D eigenvalue weighted by atomic mass is 10.1. The van der Waals surface area contributed by atoms with Gasteiger partial charge in [0, 0.05) is 6.54 Å². The van der Waals surface area contributed by atoms with E-state index in [1.165, 1.54) is 4.90 Å². The Kier molecular flexibility index (Phi) is 5.17.